The summed E-state index contributed by atoms with van der Waals surface area (Å²) in [6.07, 6.45) is 2.25. The third-order valence-electron chi connectivity index (χ3n) is 2.59. The van der Waals surface area contributed by atoms with E-state index in [2.05, 4.69) is 5.32 Å². The number of rotatable bonds is 2. The molecule has 0 aromatic heterocycles. The molecule has 0 bridgehead atoms. The Morgan fingerprint density at radius 2 is 2.45 bits per heavy atom. The second-order valence-corrected chi connectivity index (χ2v) is 3.60. The van der Waals surface area contributed by atoms with Gasteiger partial charge in [0.1, 0.15) is 0 Å². The Kier molecular flexibility index (Phi) is 2.87. The lowest BCUT2D eigenvalue weighted by molar-refractivity contribution is -0.00226. The van der Waals surface area contributed by atoms with Gasteiger partial charge in [0, 0.05) is 19.0 Å². The lowest BCUT2D eigenvalue weighted by Gasteiger charge is -2.34. The number of nitrogens with one attached hydrogen (secondary N) is 1. The van der Waals surface area contributed by atoms with Gasteiger partial charge in [0.2, 0.25) is 0 Å². The van der Waals surface area contributed by atoms with E-state index in [0.717, 1.165) is 25.9 Å². The highest BCUT2D eigenvalue weighted by Crippen LogP contribution is 2.22. The standard InChI is InChI=1S/C8H18N2O/c1-8(11,6-9)7-3-2-4-10-5-7/h7,10-11H,2-6,9H2,1H3/t7-,8+/m0/s1. The molecule has 1 aliphatic heterocycles. The predicted octanol–water partition coefficient (Wildman–Crippen LogP) is -0.304. The van der Waals surface area contributed by atoms with Gasteiger partial charge in [-0.25, -0.2) is 0 Å². The zero-order chi connectivity index (χ0) is 8.32. The molecule has 2 atom stereocenters. The summed E-state index contributed by atoms with van der Waals surface area (Å²) >= 11 is 0. The lowest BCUT2D eigenvalue weighted by atomic mass is 9.84. The van der Waals surface area contributed by atoms with Crippen molar-refractivity contribution in [3.8, 4) is 0 Å². The van der Waals surface area contributed by atoms with E-state index in [0.29, 0.717) is 12.5 Å². The molecule has 0 aromatic rings. The SMILES string of the molecule is C[C@@](O)(CN)[C@H]1CCCNC1. The first-order valence-electron chi connectivity index (χ1n) is 4.30. The van der Waals surface area contributed by atoms with Crippen LogP contribution in [0.1, 0.15) is 19.8 Å². The molecule has 0 amide bonds. The number of hydrogen-bond acceptors (Lipinski definition) is 3. The fourth-order valence-corrected chi connectivity index (χ4v) is 1.55. The number of aliphatic hydroxyl groups is 1. The third-order valence-corrected chi connectivity index (χ3v) is 2.59. The molecule has 0 spiro atoms. The van der Waals surface area contributed by atoms with Crippen LogP contribution in [0.5, 0.6) is 0 Å². The Morgan fingerprint density at radius 3 is 2.91 bits per heavy atom. The first-order valence-corrected chi connectivity index (χ1v) is 4.30. The van der Waals surface area contributed by atoms with Gasteiger partial charge < -0.3 is 16.2 Å². The average Bonchev–Trinajstić information content (AvgIpc) is 2.06. The van der Waals surface area contributed by atoms with Gasteiger partial charge in [0.15, 0.2) is 0 Å². The summed E-state index contributed by atoms with van der Waals surface area (Å²) < 4.78 is 0. The Bertz CT molecular complexity index is 119. The van der Waals surface area contributed by atoms with Crippen molar-refractivity contribution < 1.29 is 5.11 Å². The first kappa shape index (κ1) is 8.97. The van der Waals surface area contributed by atoms with Crippen molar-refractivity contribution in [2.75, 3.05) is 19.6 Å². The van der Waals surface area contributed by atoms with E-state index >= 15 is 0 Å². The van der Waals surface area contributed by atoms with E-state index < -0.39 is 5.60 Å². The molecule has 1 rings (SSSR count). The zero-order valence-corrected chi connectivity index (χ0v) is 7.14. The summed E-state index contributed by atoms with van der Waals surface area (Å²) in [5, 5.41) is 13.0. The Morgan fingerprint density at radius 1 is 1.73 bits per heavy atom. The monoisotopic (exact) mass is 158 g/mol. The van der Waals surface area contributed by atoms with Crippen LogP contribution in [0, 0.1) is 5.92 Å². The molecule has 11 heavy (non-hydrogen) atoms. The second kappa shape index (κ2) is 3.52. The Hall–Kier alpha value is -0.120. The Balaban J connectivity index is 2.43. The van der Waals surface area contributed by atoms with E-state index in [4.69, 9.17) is 5.73 Å². The van der Waals surface area contributed by atoms with Gasteiger partial charge in [-0.05, 0) is 26.3 Å². The highest BCUT2D eigenvalue weighted by Gasteiger charge is 2.30. The number of hydrogen-bond donors (Lipinski definition) is 3. The van der Waals surface area contributed by atoms with Crippen molar-refractivity contribution in [1.82, 2.24) is 5.32 Å². The number of nitrogens with two attached hydrogens (primary N) is 1. The zero-order valence-electron chi connectivity index (χ0n) is 7.14. The molecule has 66 valence electrons. The van der Waals surface area contributed by atoms with Crippen LogP contribution in [0.3, 0.4) is 0 Å². The van der Waals surface area contributed by atoms with Gasteiger partial charge >= 0.3 is 0 Å². The van der Waals surface area contributed by atoms with E-state index in [9.17, 15) is 5.11 Å². The van der Waals surface area contributed by atoms with Crippen LogP contribution in [-0.4, -0.2) is 30.3 Å². The minimum Gasteiger partial charge on any atom is -0.389 e. The highest BCUT2D eigenvalue weighted by molar-refractivity contribution is 4.86. The van der Waals surface area contributed by atoms with E-state index in [1.54, 1.807) is 0 Å². The van der Waals surface area contributed by atoms with Crippen LogP contribution >= 0.6 is 0 Å². The summed E-state index contributed by atoms with van der Waals surface area (Å²) in [5.74, 6) is 0.334. The summed E-state index contributed by atoms with van der Waals surface area (Å²) in [7, 11) is 0. The van der Waals surface area contributed by atoms with Crippen LogP contribution in [0.4, 0.5) is 0 Å². The quantitative estimate of drug-likeness (QED) is 0.517. The van der Waals surface area contributed by atoms with E-state index in [1.165, 1.54) is 0 Å². The molecular weight excluding hydrogens is 140 g/mol. The molecule has 1 fully saturated rings. The lowest BCUT2D eigenvalue weighted by Crippen LogP contribution is -2.48. The molecule has 0 unspecified atom stereocenters. The van der Waals surface area contributed by atoms with Crippen LogP contribution in [0.15, 0.2) is 0 Å². The molecule has 0 aliphatic carbocycles. The maximum atomic E-state index is 9.78. The van der Waals surface area contributed by atoms with Gasteiger partial charge in [-0.2, -0.15) is 0 Å². The topological polar surface area (TPSA) is 58.3 Å². The van der Waals surface area contributed by atoms with Crippen molar-refractivity contribution in [3.05, 3.63) is 0 Å². The summed E-state index contributed by atoms with van der Waals surface area (Å²) in [6.45, 7) is 4.17. The molecular formula is C8H18N2O. The maximum Gasteiger partial charge on any atom is 0.0781 e. The van der Waals surface area contributed by atoms with Gasteiger partial charge in [-0.15, -0.1) is 0 Å². The van der Waals surface area contributed by atoms with Crippen molar-refractivity contribution in [1.29, 1.82) is 0 Å². The second-order valence-electron chi connectivity index (χ2n) is 3.60. The summed E-state index contributed by atoms with van der Waals surface area (Å²) in [4.78, 5) is 0. The molecule has 1 saturated heterocycles. The maximum absolute atomic E-state index is 9.78. The van der Waals surface area contributed by atoms with E-state index in [-0.39, 0.29) is 0 Å². The van der Waals surface area contributed by atoms with Crippen LogP contribution in [0.25, 0.3) is 0 Å². The van der Waals surface area contributed by atoms with Crippen LogP contribution in [-0.2, 0) is 0 Å². The Labute approximate surface area is 68.0 Å². The van der Waals surface area contributed by atoms with Crippen molar-refractivity contribution in [2.45, 2.75) is 25.4 Å². The third kappa shape index (κ3) is 2.15. The largest absolute Gasteiger partial charge is 0.389 e. The van der Waals surface area contributed by atoms with Crippen molar-refractivity contribution >= 4 is 0 Å². The van der Waals surface area contributed by atoms with Crippen LogP contribution < -0.4 is 11.1 Å². The molecule has 0 radical (unpaired) electrons. The van der Waals surface area contributed by atoms with Crippen molar-refractivity contribution in [3.63, 3.8) is 0 Å². The smallest absolute Gasteiger partial charge is 0.0781 e. The molecule has 4 N–H and O–H groups in total. The number of piperidine rings is 1. The average molecular weight is 158 g/mol. The molecule has 0 saturated carbocycles. The molecule has 1 heterocycles. The van der Waals surface area contributed by atoms with Gasteiger partial charge in [0.25, 0.3) is 0 Å². The van der Waals surface area contributed by atoms with Crippen LogP contribution in [0.2, 0.25) is 0 Å². The molecule has 3 nitrogen and oxygen atoms in total. The normalized spacial score (nSPS) is 31.4. The summed E-state index contributed by atoms with van der Waals surface area (Å²) in [6, 6.07) is 0. The van der Waals surface area contributed by atoms with Crippen molar-refractivity contribution in [2.24, 2.45) is 11.7 Å². The van der Waals surface area contributed by atoms with E-state index in [1.807, 2.05) is 6.92 Å². The predicted molar refractivity (Wildman–Crippen MR) is 45.3 cm³/mol. The minimum atomic E-state index is -0.673. The fourth-order valence-electron chi connectivity index (χ4n) is 1.55. The first-order chi connectivity index (χ1) is 5.17. The summed E-state index contributed by atoms with van der Waals surface area (Å²) in [5.41, 5.74) is 4.79. The molecule has 1 aliphatic rings. The van der Waals surface area contributed by atoms with Gasteiger partial charge in [-0.3, -0.25) is 0 Å². The highest BCUT2D eigenvalue weighted by atomic mass is 16.3. The van der Waals surface area contributed by atoms with Gasteiger partial charge in [0.05, 0.1) is 5.60 Å². The van der Waals surface area contributed by atoms with Gasteiger partial charge in [-0.1, -0.05) is 0 Å². The molecule has 0 aromatic carbocycles. The molecule has 3 heteroatoms. The minimum absolute atomic E-state index is 0.334. The fraction of sp³-hybridized carbons (Fsp3) is 1.00.